The maximum atomic E-state index is 12.9. The van der Waals surface area contributed by atoms with Crippen molar-refractivity contribution in [3.63, 3.8) is 0 Å². The standard InChI is InChI=1S/C25H25IN2O5S/c1-5-12-33-22-19(26)13-16(14-20(22)31-6-2)15-21-23(29)28(4)25(34-21)27-18-10-8-17(9-11-18)24(30)32-7-3/h5,8-11,13-15H,1,6-7,12H2,2-4H3/b21-15+,27-25?. The Morgan fingerprint density at radius 3 is 2.56 bits per heavy atom. The molecule has 7 nitrogen and oxygen atoms in total. The normalized spacial score (nSPS) is 15.6. The molecular weight excluding hydrogens is 567 g/mol. The Labute approximate surface area is 217 Å². The van der Waals surface area contributed by atoms with Gasteiger partial charge in [0.15, 0.2) is 16.7 Å². The van der Waals surface area contributed by atoms with Gasteiger partial charge < -0.3 is 14.2 Å². The second-order valence-corrected chi connectivity index (χ2v) is 9.17. The quantitative estimate of drug-likeness (QED) is 0.162. The van der Waals surface area contributed by atoms with E-state index in [0.29, 0.717) is 52.6 Å². The van der Waals surface area contributed by atoms with Crippen molar-refractivity contribution in [2.24, 2.45) is 4.99 Å². The third-order valence-corrected chi connectivity index (χ3v) is 6.44. The summed E-state index contributed by atoms with van der Waals surface area (Å²) in [5, 5.41) is 0.547. The lowest BCUT2D eigenvalue weighted by molar-refractivity contribution is -0.121. The Bertz CT molecular complexity index is 1140. The van der Waals surface area contributed by atoms with E-state index in [1.807, 2.05) is 25.1 Å². The van der Waals surface area contributed by atoms with Crippen molar-refractivity contribution in [1.82, 2.24) is 4.90 Å². The highest BCUT2D eigenvalue weighted by atomic mass is 127. The molecule has 1 heterocycles. The van der Waals surface area contributed by atoms with E-state index in [9.17, 15) is 9.59 Å². The largest absolute Gasteiger partial charge is 0.490 e. The number of aliphatic imine (C=N–C) groups is 1. The van der Waals surface area contributed by atoms with Crippen LogP contribution in [0.3, 0.4) is 0 Å². The van der Waals surface area contributed by atoms with Crippen LogP contribution in [0.25, 0.3) is 6.08 Å². The maximum Gasteiger partial charge on any atom is 0.338 e. The molecule has 0 aromatic heterocycles. The number of hydrogen-bond donors (Lipinski definition) is 0. The first-order valence-corrected chi connectivity index (χ1v) is 12.5. The molecule has 1 aliphatic heterocycles. The van der Waals surface area contributed by atoms with E-state index in [-0.39, 0.29) is 11.9 Å². The third kappa shape index (κ3) is 6.20. The zero-order valence-corrected chi connectivity index (χ0v) is 22.1. The topological polar surface area (TPSA) is 77.4 Å². The van der Waals surface area contributed by atoms with Crippen LogP contribution in [0.2, 0.25) is 0 Å². The van der Waals surface area contributed by atoms with E-state index < -0.39 is 0 Å². The van der Waals surface area contributed by atoms with E-state index in [4.69, 9.17) is 14.2 Å². The average Bonchev–Trinajstić information content (AvgIpc) is 3.07. The SMILES string of the molecule is C=CCOc1c(I)cc(/C=C2/SC(=Nc3ccc(C(=O)OCC)cc3)N(C)C2=O)cc1OCC. The molecule has 2 aromatic carbocycles. The number of hydrogen-bond acceptors (Lipinski definition) is 7. The lowest BCUT2D eigenvalue weighted by Gasteiger charge is -2.13. The van der Waals surface area contributed by atoms with Gasteiger partial charge in [-0.1, -0.05) is 12.7 Å². The Morgan fingerprint density at radius 1 is 1.18 bits per heavy atom. The van der Waals surface area contributed by atoms with Gasteiger partial charge in [-0.2, -0.15) is 0 Å². The van der Waals surface area contributed by atoms with Crippen molar-refractivity contribution in [3.8, 4) is 11.5 Å². The molecule has 2 aromatic rings. The monoisotopic (exact) mass is 592 g/mol. The first-order valence-electron chi connectivity index (χ1n) is 10.6. The van der Waals surface area contributed by atoms with Gasteiger partial charge in [0.1, 0.15) is 6.61 Å². The van der Waals surface area contributed by atoms with E-state index in [2.05, 4.69) is 34.2 Å². The number of ether oxygens (including phenoxy) is 3. The summed E-state index contributed by atoms with van der Waals surface area (Å²) in [6, 6.07) is 10.5. The molecule has 1 fully saturated rings. The molecule has 178 valence electrons. The predicted octanol–water partition coefficient (Wildman–Crippen LogP) is 5.67. The van der Waals surface area contributed by atoms with Crippen molar-refractivity contribution in [1.29, 1.82) is 0 Å². The summed E-state index contributed by atoms with van der Waals surface area (Å²) < 4.78 is 17.4. The highest BCUT2D eigenvalue weighted by molar-refractivity contribution is 14.1. The molecule has 1 aliphatic rings. The van der Waals surface area contributed by atoms with Crippen LogP contribution in [0.4, 0.5) is 5.69 Å². The summed E-state index contributed by atoms with van der Waals surface area (Å²) >= 11 is 3.48. The Hall–Kier alpha value is -2.79. The van der Waals surface area contributed by atoms with Crippen molar-refractivity contribution < 1.29 is 23.8 Å². The molecular formula is C25H25IN2O5S. The summed E-state index contributed by atoms with van der Waals surface area (Å²) in [5.41, 5.74) is 1.91. The van der Waals surface area contributed by atoms with Crippen molar-refractivity contribution >= 4 is 63.2 Å². The van der Waals surface area contributed by atoms with Gasteiger partial charge in [0, 0.05) is 7.05 Å². The fraction of sp³-hybridized carbons (Fsp3) is 0.240. The predicted molar refractivity (Wildman–Crippen MR) is 144 cm³/mol. The minimum atomic E-state index is -0.378. The molecule has 0 spiro atoms. The number of amidine groups is 1. The third-order valence-electron chi connectivity index (χ3n) is 4.58. The fourth-order valence-electron chi connectivity index (χ4n) is 3.02. The van der Waals surface area contributed by atoms with Crippen LogP contribution in [-0.2, 0) is 9.53 Å². The van der Waals surface area contributed by atoms with Crippen molar-refractivity contribution in [2.75, 3.05) is 26.9 Å². The first-order chi connectivity index (χ1) is 16.4. The van der Waals surface area contributed by atoms with Gasteiger partial charge in [-0.05, 0) is 96.2 Å². The number of nitrogens with zero attached hydrogens (tertiary/aromatic N) is 2. The van der Waals surface area contributed by atoms with E-state index >= 15 is 0 Å². The van der Waals surface area contributed by atoms with Crippen LogP contribution in [0.1, 0.15) is 29.8 Å². The lowest BCUT2D eigenvalue weighted by atomic mass is 10.2. The highest BCUT2D eigenvalue weighted by Gasteiger charge is 2.30. The Balaban J connectivity index is 1.85. The summed E-state index contributed by atoms with van der Waals surface area (Å²) in [6.45, 7) is 8.53. The van der Waals surface area contributed by atoms with Gasteiger partial charge >= 0.3 is 5.97 Å². The lowest BCUT2D eigenvalue weighted by Crippen LogP contribution is -2.23. The Morgan fingerprint density at radius 2 is 1.91 bits per heavy atom. The number of amides is 1. The number of carbonyl (C=O) groups is 2. The molecule has 3 rings (SSSR count). The minimum Gasteiger partial charge on any atom is -0.490 e. The smallest absolute Gasteiger partial charge is 0.338 e. The number of likely N-dealkylation sites (N-methyl/N-ethyl adjacent to an activating group) is 1. The number of esters is 1. The zero-order chi connectivity index (χ0) is 24.7. The van der Waals surface area contributed by atoms with E-state index in [0.717, 1.165) is 9.13 Å². The van der Waals surface area contributed by atoms with E-state index in [1.165, 1.54) is 16.7 Å². The molecule has 0 atom stereocenters. The second kappa shape index (κ2) is 12.1. The highest BCUT2D eigenvalue weighted by Crippen LogP contribution is 2.37. The first kappa shape index (κ1) is 25.8. The molecule has 34 heavy (non-hydrogen) atoms. The van der Waals surface area contributed by atoms with Crippen molar-refractivity contribution in [3.05, 3.63) is 68.7 Å². The number of benzene rings is 2. The molecule has 0 N–H and O–H groups in total. The van der Waals surface area contributed by atoms with Crippen LogP contribution in [0.5, 0.6) is 11.5 Å². The molecule has 0 unspecified atom stereocenters. The summed E-state index contributed by atoms with van der Waals surface area (Å²) in [5.74, 6) is 0.742. The molecule has 1 saturated heterocycles. The van der Waals surface area contributed by atoms with Crippen LogP contribution >= 0.6 is 34.4 Å². The van der Waals surface area contributed by atoms with E-state index in [1.54, 1.807) is 44.3 Å². The molecule has 0 bridgehead atoms. The van der Waals surface area contributed by atoms with Gasteiger partial charge in [-0.25, -0.2) is 9.79 Å². The number of halogens is 1. The maximum absolute atomic E-state index is 12.9. The summed E-state index contributed by atoms with van der Waals surface area (Å²) in [4.78, 5) is 31.3. The molecule has 9 heteroatoms. The van der Waals surface area contributed by atoms with Crippen molar-refractivity contribution in [2.45, 2.75) is 13.8 Å². The number of thioether (sulfide) groups is 1. The average molecular weight is 592 g/mol. The summed E-state index contributed by atoms with van der Waals surface area (Å²) in [7, 11) is 1.68. The van der Waals surface area contributed by atoms with Gasteiger partial charge in [-0.3, -0.25) is 9.69 Å². The van der Waals surface area contributed by atoms with Crippen LogP contribution in [0, 0.1) is 3.57 Å². The molecule has 0 aliphatic carbocycles. The Kier molecular flexibility index (Phi) is 9.17. The van der Waals surface area contributed by atoms with Crippen LogP contribution in [-0.4, -0.2) is 48.8 Å². The van der Waals surface area contributed by atoms with Gasteiger partial charge in [0.25, 0.3) is 5.91 Å². The number of rotatable bonds is 9. The van der Waals surface area contributed by atoms with Gasteiger partial charge in [0.2, 0.25) is 0 Å². The molecule has 0 saturated carbocycles. The van der Waals surface area contributed by atoms with Crippen LogP contribution in [0.15, 0.2) is 59.0 Å². The van der Waals surface area contributed by atoms with Crippen LogP contribution < -0.4 is 9.47 Å². The summed E-state index contributed by atoms with van der Waals surface area (Å²) in [6.07, 6.45) is 3.49. The minimum absolute atomic E-state index is 0.146. The number of carbonyl (C=O) groups excluding carboxylic acids is 2. The fourth-order valence-corrected chi connectivity index (χ4v) is 4.78. The molecule has 1 amide bonds. The zero-order valence-electron chi connectivity index (χ0n) is 19.2. The molecule has 0 radical (unpaired) electrons. The van der Waals surface area contributed by atoms with Gasteiger partial charge in [0.05, 0.1) is 32.9 Å². The second-order valence-electron chi connectivity index (χ2n) is 7.00. The van der Waals surface area contributed by atoms with Gasteiger partial charge in [-0.15, -0.1) is 0 Å².